The first-order valence-electron chi connectivity index (χ1n) is 5.12. The summed E-state index contributed by atoms with van der Waals surface area (Å²) in [6.07, 6.45) is 0.141. The fraction of sp³-hybridized carbons (Fsp3) is 0.417. The molecule has 16 heavy (non-hydrogen) atoms. The molecule has 0 spiro atoms. The van der Waals surface area contributed by atoms with Crippen LogP contribution in [0.4, 0.5) is 0 Å². The van der Waals surface area contributed by atoms with Gasteiger partial charge in [-0.2, -0.15) is 0 Å². The number of carboxylic acids is 1. The van der Waals surface area contributed by atoms with Gasteiger partial charge in [0.25, 0.3) is 0 Å². The Hall–Kier alpha value is -1.06. The Morgan fingerprint density at radius 1 is 1.44 bits per heavy atom. The number of aliphatic carboxylic acids is 1. The first-order chi connectivity index (χ1) is 7.59. The van der Waals surface area contributed by atoms with E-state index in [9.17, 15) is 4.79 Å². The summed E-state index contributed by atoms with van der Waals surface area (Å²) < 4.78 is 5.50. The highest BCUT2D eigenvalue weighted by Crippen LogP contribution is 2.11. The third kappa shape index (κ3) is 4.64. The fourth-order valence-corrected chi connectivity index (χ4v) is 1.52. The molecule has 0 aliphatic carbocycles. The van der Waals surface area contributed by atoms with Crippen LogP contribution in [-0.4, -0.2) is 22.6 Å². The zero-order chi connectivity index (χ0) is 12.0. The highest BCUT2D eigenvalue weighted by molar-refractivity contribution is 6.29. The summed E-state index contributed by atoms with van der Waals surface area (Å²) in [7, 11) is 0. The Balaban J connectivity index is 2.30. The van der Waals surface area contributed by atoms with Crippen LogP contribution in [0.5, 0.6) is 0 Å². The second kappa shape index (κ2) is 6.51. The van der Waals surface area contributed by atoms with Crippen molar-refractivity contribution in [3.63, 3.8) is 0 Å². The number of benzene rings is 1. The number of hydrogen-bond acceptors (Lipinski definition) is 2. The molecule has 4 heteroatoms. The van der Waals surface area contributed by atoms with E-state index in [2.05, 4.69) is 0 Å². The molecular weight excluding hydrogens is 228 g/mol. The van der Waals surface area contributed by atoms with Gasteiger partial charge in [-0.1, -0.05) is 30.3 Å². The second-order valence-corrected chi connectivity index (χ2v) is 4.18. The van der Waals surface area contributed by atoms with Gasteiger partial charge in [0.05, 0.1) is 12.7 Å². The smallest absolute Gasteiger partial charge is 0.321 e. The molecule has 0 bridgehead atoms. The van der Waals surface area contributed by atoms with E-state index in [1.807, 2.05) is 37.3 Å². The van der Waals surface area contributed by atoms with Crippen molar-refractivity contribution in [3.8, 4) is 0 Å². The van der Waals surface area contributed by atoms with Gasteiger partial charge in [0.15, 0.2) is 0 Å². The van der Waals surface area contributed by atoms with Gasteiger partial charge in [0.2, 0.25) is 0 Å². The average Bonchev–Trinajstić information content (AvgIpc) is 2.27. The van der Waals surface area contributed by atoms with Gasteiger partial charge in [0, 0.05) is 6.42 Å². The zero-order valence-electron chi connectivity index (χ0n) is 9.10. The molecule has 0 saturated carbocycles. The zero-order valence-corrected chi connectivity index (χ0v) is 9.85. The van der Waals surface area contributed by atoms with Gasteiger partial charge in [0.1, 0.15) is 5.38 Å². The summed E-state index contributed by atoms with van der Waals surface area (Å²) in [6, 6.07) is 9.73. The monoisotopic (exact) mass is 242 g/mol. The first kappa shape index (κ1) is 13.0. The molecule has 0 heterocycles. The molecule has 1 aromatic carbocycles. The highest BCUT2D eigenvalue weighted by atomic mass is 35.5. The second-order valence-electron chi connectivity index (χ2n) is 3.65. The third-order valence-corrected chi connectivity index (χ3v) is 2.55. The normalized spacial score (nSPS) is 14.4. The Labute approximate surface area is 100.0 Å². The maximum absolute atomic E-state index is 10.5. The molecule has 0 saturated heterocycles. The van der Waals surface area contributed by atoms with Gasteiger partial charge in [-0.15, -0.1) is 11.6 Å². The number of carbonyl (C=O) groups is 1. The van der Waals surface area contributed by atoms with Crippen molar-refractivity contribution in [3.05, 3.63) is 35.9 Å². The molecule has 0 radical (unpaired) electrons. The largest absolute Gasteiger partial charge is 0.480 e. The van der Waals surface area contributed by atoms with Crippen molar-refractivity contribution < 1.29 is 14.6 Å². The molecule has 3 nitrogen and oxygen atoms in total. The van der Waals surface area contributed by atoms with Gasteiger partial charge >= 0.3 is 5.97 Å². The van der Waals surface area contributed by atoms with Crippen molar-refractivity contribution in [2.75, 3.05) is 0 Å². The Morgan fingerprint density at radius 2 is 2.06 bits per heavy atom. The van der Waals surface area contributed by atoms with E-state index in [-0.39, 0.29) is 6.10 Å². The summed E-state index contributed by atoms with van der Waals surface area (Å²) in [5.74, 6) is -1.00. The number of carboxylic acid groups (broad SMARTS) is 1. The SMILES string of the molecule is CC(CC(Cl)C(=O)O)OCc1ccccc1. The maximum atomic E-state index is 10.5. The van der Waals surface area contributed by atoms with Gasteiger partial charge < -0.3 is 9.84 Å². The molecule has 88 valence electrons. The molecule has 1 rings (SSSR count). The average molecular weight is 243 g/mol. The molecule has 0 aliphatic heterocycles. The number of hydrogen-bond donors (Lipinski definition) is 1. The molecule has 0 fully saturated rings. The van der Waals surface area contributed by atoms with Crippen LogP contribution in [0, 0.1) is 0 Å². The number of alkyl halides is 1. The van der Waals surface area contributed by atoms with E-state index in [0.717, 1.165) is 5.56 Å². The summed E-state index contributed by atoms with van der Waals surface area (Å²) in [5, 5.41) is 7.75. The Morgan fingerprint density at radius 3 is 2.62 bits per heavy atom. The van der Waals surface area contributed by atoms with Crippen LogP contribution in [0.25, 0.3) is 0 Å². The topological polar surface area (TPSA) is 46.5 Å². The van der Waals surface area contributed by atoms with Crippen LogP contribution in [0.3, 0.4) is 0 Å². The molecule has 0 aromatic heterocycles. The summed E-state index contributed by atoms with van der Waals surface area (Å²) >= 11 is 5.61. The molecule has 0 amide bonds. The number of rotatable bonds is 6. The number of halogens is 1. The number of ether oxygens (including phenoxy) is 1. The van der Waals surface area contributed by atoms with E-state index in [1.54, 1.807) is 0 Å². The predicted octanol–water partition coefficient (Wildman–Crippen LogP) is 2.67. The minimum Gasteiger partial charge on any atom is -0.480 e. The first-order valence-corrected chi connectivity index (χ1v) is 5.55. The van der Waals surface area contributed by atoms with Crippen molar-refractivity contribution in [2.24, 2.45) is 0 Å². The standard InChI is InChI=1S/C12H15ClO3/c1-9(7-11(13)12(14)15)16-8-10-5-3-2-4-6-10/h2-6,9,11H,7-8H2,1H3,(H,14,15). The van der Waals surface area contributed by atoms with E-state index in [4.69, 9.17) is 21.4 Å². The minimum atomic E-state index is -1.00. The van der Waals surface area contributed by atoms with Gasteiger partial charge in [-0.3, -0.25) is 4.79 Å². The van der Waals surface area contributed by atoms with Crippen LogP contribution in [0.15, 0.2) is 30.3 Å². The molecular formula is C12H15ClO3. The predicted molar refractivity (Wildman–Crippen MR) is 62.6 cm³/mol. The summed E-state index contributed by atoms with van der Waals surface area (Å²) in [4.78, 5) is 10.5. The lowest BCUT2D eigenvalue weighted by Crippen LogP contribution is -2.21. The van der Waals surface area contributed by atoms with Crippen LogP contribution < -0.4 is 0 Å². The molecule has 1 aromatic rings. The molecule has 0 aliphatic rings. The molecule has 2 atom stereocenters. The maximum Gasteiger partial charge on any atom is 0.321 e. The summed E-state index contributed by atoms with van der Waals surface area (Å²) in [6.45, 7) is 2.30. The summed E-state index contributed by atoms with van der Waals surface area (Å²) in [5.41, 5.74) is 1.07. The van der Waals surface area contributed by atoms with Crippen LogP contribution in [-0.2, 0) is 16.1 Å². The van der Waals surface area contributed by atoms with Crippen molar-refractivity contribution in [1.29, 1.82) is 0 Å². The van der Waals surface area contributed by atoms with Crippen molar-refractivity contribution >= 4 is 17.6 Å². The van der Waals surface area contributed by atoms with E-state index >= 15 is 0 Å². The lowest BCUT2D eigenvalue weighted by molar-refractivity contribution is -0.137. The molecule has 2 unspecified atom stereocenters. The van der Waals surface area contributed by atoms with E-state index in [0.29, 0.717) is 13.0 Å². The lowest BCUT2D eigenvalue weighted by Gasteiger charge is -2.14. The van der Waals surface area contributed by atoms with E-state index in [1.165, 1.54) is 0 Å². The highest BCUT2D eigenvalue weighted by Gasteiger charge is 2.17. The van der Waals surface area contributed by atoms with Crippen LogP contribution in [0.2, 0.25) is 0 Å². The van der Waals surface area contributed by atoms with Crippen molar-refractivity contribution in [1.82, 2.24) is 0 Å². The Bertz CT molecular complexity index is 326. The van der Waals surface area contributed by atoms with Gasteiger partial charge in [-0.05, 0) is 12.5 Å². The Kier molecular flexibility index (Phi) is 5.29. The van der Waals surface area contributed by atoms with Crippen molar-refractivity contribution in [2.45, 2.75) is 31.4 Å². The lowest BCUT2D eigenvalue weighted by atomic mass is 10.2. The minimum absolute atomic E-state index is 0.168. The fourth-order valence-electron chi connectivity index (χ4n) is 1.27. The van der Waals surface area contributed by atoms with Gasteiger partial charge in [-0.25, -0.2) is 0 Å². The third-order valence-electron chi connectivity index (χ3n) is 2.18. The van der Waals surface area contributed by atoms with E-state index < -0.39 is 11.3 Å². The van der Waals surface area contributed by atoms with Crippen LogP contribution in [0.1, 0.15) is 18.9 Å². The molecule has 1 N–H and O–H groups in total. The quantitative estimate of drug-likeness (QED) is 0.781. The van der Waals surface area contributed by atoms with Crippen LogP contribution >= 0.6 is 11.6 Å².